The van der Waals surface area contributed by atoms with Crippen LogP contribution in [0.5, 0.6) is 0 Å². The number of carbonyl (C=O) groups is 1. The highest BCUT2D eigenvalue weighted by molar-refractivity contribution is 14.0. The van der Waals surface area contributed by atoms with Crippen molar-refractivity contribution in [2.75, 3.05) is 27.2 Å². The molecule has 1 aromatic carbocycles. The molecule has 0 aliphatic heterocycles. The molecule has 7 heteroatoms. The zero-order valence-corrected chi connectivity index (χ0v) is 16.8. The van der Waals surface area contributed by atoms with Crippen molar-refractivity contribution in [1.82, 2.24) is 15.5 Å². The number of hydrogen-bond donors (Lipinski definition) is 2. The molecule has 0 aliphatic carbocycles. The van der Waals surface area contributed by atoms with Gasteiger partial charge in [0.05, 0.1) is 6.04 Å². The summed E-state index contributed by atoms with van der Waals surface area (Å²) in [7, 11) is 3.41. The molecule has 0 saturated heterocycles. The fraction of sp³-hybridized carbons (Fsp3) is 0.375. The van der Waals surface area contributed by atoms with Gasteiger partial charge in [-0.1, -0.05) is 35.9 Å². The van der Waals surface area contributed by atoms with Gasteiger partial charge in [0.2, 0.25) is 5.91 Å². The van der Waals surface area contributed by atoms with E-state index in [1.54, 1.807) is 20.2 Å². The number of likely N-dealkylation sites (N-methyl/N-ethyl adjacent to an activating group) is 1. The SMILES string of the molecule is C=CCNC(=NCC(=O)N(C)C)NC(C)c1ccccc1Cl.I. The average molecular weight is 451 g/mol. The first-order valence-electron chi connectivity index (χ1n) is 7.06. The summed E-state index contributed by atoms with van der Waals surface area (Å²) in [5.74, 6) is 0.479. The molecule has 0 fully saturated rings. The quantitative estimate of drug-likeness (QED) is 0.303. The molecule has 0 heterocycles. The molecule has 1 amide bonds. The minimum absolute atomic E-state index is 0. The largest absolute Gasteiger partial charge is 0.353 e. The first-order chi connectivity index (χ1) is 10.5. The second-order valence-corrected chi connectivity index (χ2v) is 5.42. The molecule has 2 N–H and O–H groups in total. The predicted octanol–water partition coefficient (Wildman–Crippen LogP) is 2.83. The Bertz CT molecular complexity index is 549. The highest BCUT2D eigenvalue weighted by Crippen LogP contribution is 2.21. The molecule has 0 aliphatic rings. The summed E-state index contributed by atoms with van der Waals surface area (Å²) in [5.41, 5.74) is 0.969. The van der Waals surface area contributed by atoms with Crippen molar-refractivity contribution in [1.29, 1.82) is 0 Å². The number of carbonyl (C=O) groups excluding carboxylic acids is 1. The van der Waals surface area contributed by atoms with Crippen LogP contribution in [0, 0.1) is 0 Å². The van der Waals surface area contributed by atoms with E-state index in [1.165, 1.54) is 4.90 Å². The number of nitrogens with zero attached hydrogens (tertiary/aromatic N) is 2. The van der Waals surface area contributed by atoms with Crippen molar-refractivity contribution in [3.63, 3.8) is 0 Å². The zero-order chi connectivity index (χ0) is 16.5. The molecular formula is C16H24ClIN4O. The molecular weight excluding hydrogens is 427 g/mol. The molecule has 0 saturated carbocycles. The van der Waals surface area contributed by atoms with Crippen LogP contribution < -0.4 is 10.6 Å². The van der Waals surface area contributed by atoms with Gasteiger partial charge in [0.1, 0.15) is 6.54 Å². The standard InChI is InChI=1S/C16H23ClN4O.HI/c1-5-10-18-16(19-11-15(22)21(3)4)20-12(2)13-8-6-7-9-14(13)17;/h5-9,12H,1,10-11H2,2-4H3,(H2,18,19,20);1H. The maximum Gasteiger partial charge on any atom is 0.243 e. The van der Waals surface area contributed by atoms with Crippen LogP contribution in [-0.2, 0) is 4.79 Å². The molecule has 5 nitrogen and oxygen atoms in total. The van der Waals surface area contributed by atoms with E-state index in [1.807, 2.05) is 31.2 Å². The summed E-state index contributed by atoms with van der Waals surface area (Å²) >= 11 is 6.20. The summed E-state index contributed by atoms with van der Waals surface area (Å²) < 4.78 is 0. The minimum atomic E-state index is -0.0647. The van der Waals surface area contributed by atoms with Gasteiger partial charge in [-0.2, -0.15) is 0 Å². The van der Waals surface area contributed by atoms with Gasteiger partial charge in [0, 0.05) is 25.7 Å². The van der Waals surface area contributed by atoms with E-state index < -0.39 is 0 Å². The molecule has 0 radical (unpaired) electrons. The smallest absolute Gasteiger partial charge is 0.243 e. The Morgan fingerprint density at radius 3 is 2.65 bits per heavy atom. The highest BCUT2D eigenvalue weighted by atomic mass is 127. The molecule has 1 atom stereocenters. The van der Waals surface area contributed by atoms with E-state index in [0.29, 0.717) is 17.5 Å². The highest BCUT2D eigenvalue weighted by Gasteiger charge is 2.11. The Labute approximate surface area is 160 Å². The molecule has 1 aromatic rings. The lowest BCUT2D eigenvalue weighted by molar-refractivity contribution is -0.127. The average Bonchev–Trinajstić information content (AvgIpc) is 2.49. The normalized spacial score (nSPS) is 11.9. The third-order valence-electron chi connectivity index (χ3n) is 3.01. The number of amides is 1. The van der Waals surface area contributed by atoms with Gasteiger partial charge in [0.25, 0.3) is 0 Å². The fourth-order valence-corrected chi connectivity index (χ4v) is 2.02. The van der Waals surface area contributed by atoms with E-state index in [0.717, 1.165) is 5.56 Å². The van der Waals surface area contributed by atoms with Crippen molar-refractivity contribution >= 4 is 47.4 Å². The molecule has 128 valence electrons. The van der Waals surface area contributed by atoms with E-state index in [4.69, 9.17) is 11.6 Å². The number of guanidine groups is 1. The van der Waals surface area contributed by atoms with Gasteiger partial charge in [-0.25, -0.2) is 4.99 Å². The summed E-state index contributed by atoms with van der Waals surface area (Å²) in [5, 5.41) is 7.02. The van der Waals surface area contributed by atoms with Gasteiger partial charge in [0.15, 0.2) is 5.96 Å². The van der Waals surface area contributed by atoms with Gasteiger partial charge >= 0.3 is 0 Å². The van der Waals surface area contributed by atoms with Gasteiger partial charge in [-0.05, 0) is 18.6 Å². The predicted molar refractivity (Wildman–Crippen MR) is 108 cm³/mol. The third kappa shape index (κ3) is 7.69. The van der Waals surface area contributed by atoms with E-state index >= 15 is 0 Å². The van der Waals surface area contributed by atoms with Crippen molar-refractivity contribution in [3.05, 3.63) is 47.5 Å². The van der Waals surface area contributed by atoms with E-state index in [-0.39, 0.29) is 42.5 Å². The van der Waals surface area contributed by atoms with E-state index in [9.17, 15) is 4.79 Å². The summed E-state index contributed by atoms with van der Waals surface area (Å²) in [6, 6.07) is 7.58. The first kappa shape index (κ1) is 21.7. The van der Waals surface area contributed by atoms with Crippen molar-refractivity contribution in [3.8, 4) is 0 Å². The summed E-state index contributed by atoms with van der Waals surface area (Å²) in [6.07, 6.45) is 1.73. The molecule has 0 spiro atoms. The number of rotatable bonds is 6. The van der Waals surface area contributed by atoms with Gasteiger partial charge in [-0.3, -0.25) is 4.79 Å². The topological polar surface area (TPSA) is 56.7 Å². The second-order valence-electron chi connectivity index (χ2n) is 5.01. The van der Waals surface area contributed by atoms with Crippen LogP contribution in [0.15, 0.2) is 41.9 Å². The lowest BCUT2D eigenvalue weighted by Gasteiger charge is -2.19. The number of nitrogens with one attached hydrogen (secondary N) is 2. The van der Waals surface area contributed by atoms with Gasteiger partial charge in [-0.15, -0.1) is 30.6 Å². The van der Waals surface area contributed by atoms with Crippen LogP contribution in [0.4, 0.5) is 0 Å². The van der Waals surface area contributed by atoms with Crippen LogP contribution in [-0.4, -0.2) is 44.0 Å². The third-order valence-corrected chi connectivity index (χ3v) is 3.35. The lowest BCUT2D eigenvalue weighted by atomic mass is 10.1. The summed E-state index contributed by atoms with van der Waals surface area (Å²) in [6.45, 7) is 6.28. The Morgan fingerprint density at radius 1 is 1.43 bits per heavy atom. The number of aliphatic imine (C=N–C) groups is 1. The van der Waals surface area contributed by atoms with Crippen molar-refractivity contribution in [2.45, 2.75) is 13.0 Å². The maximum absolute atomic E-state index is 11.7. The van der Waals surface area contributed by atoms with Crippen LogP contribution in [0.3, 0.4) is 0 Å². The first-order valence-corrected chi connectivity index (χ1v) is 7.43. The lowest BCUT2D eigenvalue weighted by Crippen LogP contribution is -2.40. The second kappa shape index (κ2) is 11.3. The molecule has 1 rings (SSSR count). The molecule has 0 aromatic heterocycles. The van der Waals surface area contributed by atoms with Crippen LogP contribution >= 0.6 is 35.6 Å². The van der Waals surface area contributed by atoms with Gasteiger partial charge < -0.3 is 15.5 Å². The van der Waals surface area contributed by atoms with Crippen LogP contribution in [0.1, 0.15) is 18.5 Å². The Hall–Kier alpha value is -1.28. The maximum atomic E-state index is 11.7. The van der Waals surface area contributed by atoms with Crippen molar-refractivity contribution < 1.29 is 4.79 Å². The Balaban J connectivity index is 0.00000484. The molecule has 23 heavy (non-hydrogen) atoms. The van der Waals surface area contributed by atoms with E-state index in [2.05, 4.69) is 22.2 Å². The van der Waals surface area contributed by atoms with Crippen LogP contribution in [0.25, 0.3) is 0 Å². The van der Waals surface area contributed by atoms with Crippen LogP contribution in [0.2, 0.25) is 5.02 Å². The number of halogens is 2. The monoisotopic (exact) mass is 450 g/mol. The number of hydrogen-bond acceptors (Lipinski definition) is 2. The zero-order valence-electron chi connectivity index (χ0n) is 13.7. The summed E-state index contributed by atoms with van der Waals surface area (Å²) in [4.78, 5) is 17.4. The fourth-order valence-electron chi connectivity index (χ4n) is 1.72. The molecule has 1 unspecified atom stereocenters. The molecule has 0 bridgehead atoms. The van der Waals surface area contributed by atoms with Crippen molar-refractivity contribution in [2.24, 2.45) is 4.99 Å². The Kier molecular flexibility index (Phi) is 10.7. The number of benzene rings is 1. The minimum Gasteiger partial charge on any atom is -0.353 e. The Morgan fingerprint density at radius 2 is 2.09 bits per heavy atom.